The van der Waals surface area contributed by atoms with Gasteiger partial charge in [-0.3, -0.25) is 9.59 Å². The molecule has 1 aromatic heterocycles. The topological polar surface area (TPSA) is 84.1 Å². The van der Waals surface area contributed by atoms with Crippen molar-refractivity contribution < 1.29 is 18.7 Å². The first-order chi connectivity index (χ1) is 16.8. The summed E-state index contributed by atoms with van der Waals surface area (Å²) >= 11 is 11.9. The lowest BCUT2D eigenvalue weighted by molar-refractivity contribution is -0.123. The Bertz CT molecular complexity index is 1270. The van der Waals surface area contributed by atoms with Crippen LogP contribution in [0, 0.1) is 6.92 Å². The van der Waals surface area contributed by atoms with Gasteiger partial charge in [0.15, 0.2) is 12.4 Å². The van der Waals surface area contributed by atoms with Gasteiger partial charge in [-0.2, -0.15) is 5.10 Å². The summed E-state index contributed by atoms with van der Waals surface area (Å²) in [6.07, 6.45) is 2.17. The van der Waals surface area contributed by atoms with Crippen LogP contribution in [0.1, 0.15) is 45.8 Å². The van der Waals surface area contributed by atoms with Crippen LogP contribution in [0.4, 0.5) is 0 Å². The molecule has 35 heavy (non-hydrogen) atoms. The number of benzene rings is 2. The van der Waals surface area contributed by atoms with Gasteiger partial charge in [-0.25, -0.2) is 5.43 Å². The molecule has 4 rings (SSSR count). The van der Waals surface area contributed by atoms with Gasteiger partial charge >= 0.3 is 0 Å². The molecule has 0 spiro atoms. The standard InChI is InChI=1S/C26H25Cl2N3O4/c1-16-24-20(29-30-23(32)15-34-21-12-11-18(27)13-19(21)28)9-6-10-22(24)35-25(16)26(33)31(2)14-17-7-4-3-5-8-17/h3-5,7-8,11-13H,6,9-10,14-15H2,1-2H3,(H,30,32)/b29-20+. The van der Waals surface area contributed by atoms with Crippen LogP contribution in [0.3, 0.4) is 0 Å². The minimum Gasteiger partial charge on any atom is -0.482 e. The highest BCUT2D eigenvalue weighted by Gasteiger charge is 2.29. The van der Waals surface area contributed by atoms with Crippen molar-refractivity contribution in [2.24, 2.45) is 5.10 Å². The van der Waals surface area contributed by atoms with Gasteiger partial charge in [0.05, 0.1) is 10.7 Å². The average molecular weight is 514 g/mol. The number of amides is 2. The average Bonchev–Trinajstić information content (AvgIpc) is 3.19. The van der Waals surface area contributed by atoms with E-state index in [1.54, 1.807) is 24.1 Å². The largest absolute Gasteiger partial charge is 0.482 e. The number of rotatable bonds is 7. The number of halogens is 2. The Kier molecular flexibility index (Phi) is 7.78. The predicted molar refractivity (Wildman–Crippen MR) is 135 cm³/mol. The van der Waals surface area contributed by atoms with Crippen LogP contribution in [-0.4, -0.2) is 36.1 Å². The summed E-state index contributed by atoms with van der Waals surface area (Å²) in [6.45, 7) is 2.06. The zero-order chi connectivity index (χ0) is 24.9. The maximum absolute atomic E-state index is 13.1. The highest BCUT2D eigenvalue weighted by molar-refractivity contribution is 6.35. The maximum atomic E-state index is 13.1. The minimum absolute atomic E-state index is 0.197. The lowest BCUT2D eigenvalue weighted by Gasteiger charge is -2.16. The van der Waals surface area contributed by atoms with E-state index in [1.807, 2.05) is 37.3 Å². The molecule has 0 unspecified atom stereocenters. The third kappa shape index (κ3) is 5.86. The van der Waals surface area contributed by atoms with E-state index < -0.39 is 5.91 Å². The molecule has 0 saturated heterocycles. The van der Waals surface area contributed by atoms with Crippen molar-refractivity contribution in [3.8, 4) is 5.75 Å². The second-order valence-corrected chi connectivity index (χ2v) is 9.16. The predicted octanol–water partition coefficient (Wildman–Crippen LogP) is 5.40. The van der Waals surface area contributed by atoms with Gasteiger partial charge in [0, 0.05) is 36.2 Å². The second-order valence-electron chi connectivity index (χ2n) is 8.31. The third-order valence-corrected chi connectivity index (χ3v) is 6.23. The summed E-state index contributed by atoms with van der Waals surface area (Å²) in [4.78, 5) is 27.1. The fourth-order valence-electron chi connectivity index (χ4n) is 3.98. The molecule has 9 heteroatoms. The third-order valence-electron chi connectivity index (χ3n) is 5.70. The first-order valence-electron chi connectivity index (χ1n) is 11.2. The molecule has 0 fully saturated rings. The van der Waals surface area contributed by atoms with Crippen molar-refractivity contribution >= 4 is 40.7 Å². The Morgan fingerprint density at radius 2 is 1.91 bits per heavy atom. The lowest BCUT2D eigenvalue weighted by Crippen LogP contribution is -2.27. The quantitative estimate of drug-likeness (QED) is 0.428. The molecule has 3 aromatic rings. The molecule has 2 amide bonds. The molecular formula is C26H25Cl2N3O4. The first-order valence-corrected chi connectivity index (χ1v) is 11.9. The highest BCUT2D eigenvalue weighted by Crippen LogP contribution is 2.31. The number of nitrogens with zero attached hydrogens (tertiary/aromatic N) is 2. The summed E-state index contributed by atoms with van der Waals surface area (Å²) in [6, 6.07) is 14.5. The Labute approximate surface area is 213 Å². The zero-order valence-corrected chi connectivity index (χ0v) is 20.9. The molecule has 0 bridgehead atoms. The van der Waals surface area contributed by atoms with Crippen LogP contribution in [-0.2, 0) is 17.8 Å². The van der Waals surface area contributed by atoms with E-state index in [-0.39, 0.29) is 12.5 Å². The van der Waals surface area contributed by atoms with Crippen molar-refractivity contribution in [1.29, 1.82) is 0 Å². The van der Waals surface area contributed by atoms with Crippen molar-refractivity contribution in [2.45, 2.75) is 32.7 Å². The van der Waals surface area contributed by atoms with Gasteiger partial charge in [-0.15, -0.1) is 0 Å². The van der Waals surface area contributed by atoms with Crippen molar-refractivity contribution in [3.05, 3.63) is 86.8 Å². The van der Waals surface area contributed by atoms with Gasteiger partial charge in [-0.1, -0.05) is 53.5 Å². The van der Waals surface area contributed by atoms with E-state index in [0.717, 1.165) is 23.1 Å². The Morgan fingerprint density at radius 1 is 1.14 bits per heavy atom. The van der Waals surface area contributed by atoms with Crippen LogP contribution in [0.25, 0.3) is 0 Å². The second kappa shape index (κ2) is 11.0. The van der Waals surface area contributed by atoms with Crippen molar-refractivity contribution in [1.82, 2.24) is 10.3 Å². The number of aryl methyl sites for hydroxylation is 1. The number of carbonyl (C=O) groups excluding carboxylic acids is 2. The van der Waals surface area contributed by atoms with Gasteiger partial charge in [0.2, 0.25) is 0 Å². The monoisotopic (exact) mass is 513 g/mol. The lowest BCUT2D eigenvalue weighted by atomic mass is 9.93. The molecule has 0 aliphatic heterocycles. The van der Waals surface area contributed by atoms with E-state index in [1.165, 1.54) is 6.07 Å². The SMILES string of the molecule is Cc1c(C(=O)N(C)Cc2ccccc2)oc2c1/C(=N/NC(=O)COc1ccc(Cl)cc1Cl)CCC2. The molecular weight excluding hydrogens is 489 g/mol. The van der Waals surface area contributed by atoms with Crippen LogP contribution in [0.15, 0.2) is 58.0 Å². The normalized spacial score (nSPS) is 13.9. The molecule has 1 aliphatic carbocycles. The van der Waals surface area contributed by atoms with Crippen LogP contribution < -0.4 is 10.2 Å². The molecule has 1 heterocycles. The fourth-order valence-corrected chi connectivity index (χ4v) is 4.45. The molecule has 0 atom stereocenters. The van der Waals surface area contributed by atoms with E-state index in [2.05, 4.69) is 10.5 Å². The number of nitrogens with one attached hydrogen (secondary N) is 1. The summed E-state index contributed by atoms with van der Waals surface area (Å²) in [7, 11) is 1.75. The number of hydrogen-bond donors (Lipinski definition) is 1. The number of hydrogen-bond acceptors (Lipinski definition) is 5. The summed E-state index contributed by atoms with van der Waals surface area (Å²) in [5.41, 5.74) is 5.75. The smallest absolute Gasteiger partial charge is 0.289 e. The minimum atomic E-state index is -0.435. The van der Waals surface area contributed by atoms with E-state index in [0.29, 0.717) is 52.4 Å². The number of carbonyl (C=O) groups is 2. The molecule has 1 N–H and O–H groups in total. The van der Waals surface area contributed by atoms with Gasteiger partial charge < -0.3 is 14.1 Å². The van der Waals surface area contributed by atoms with Gasteiger partial charge in [-0.05, 0) is 43.5 Å². The number of ether oxygens (including phenoxy) is 1. The Hall–Kier alpha value is -3.29. The van der Waals surface area contributed by atoms with Gasteiger partial charge in [0.1, 0.15) is 11.5 Å². The van der Waals surface area contributed by atoms with Crippen LogP contribution in [0.2, 0.25) is 10.0 Å². The molecule has 7 nitrogen and oxygen atoms in total. The van der Waals surface area contributed by atoms with Crippen molar-refractivity contribution in [3.63, 3.8) is 0 Å². The number of fused-ring (bicyclic) bond motifs is 1. The van der Waals surface area contributed by atoms with Gasteiger partial charge in [0.25, 0.3) is 11.8 Å². The molecule has 1 aliphatic rings. The highest BCUT2D eigenvalue weighted by atomic mass is 35.5. The number of furan rings is 1. The summed E-state index contributed by atoms with van der Waals surface area (Å²) in [5, 5.41) is 5.11. The van der Waals surface area contributed by atoms with Crippen LogP contribution >= 0.6 is 23.2 Å². The van der Waals surface area contributed by atoms with E-state index in [9.17, 15) is 9.59 Å². The molecule has 2 aromatic carbocycles. The summed E-state index contributed by atoms with van der Waals surface area (Å²) < 4.78 is 11.4. The van der Waals surface area contributed by atoms with E-state index in [4.69, 9.17) is 32.4 Å². The zero-order valence-electron chi connectivity index (χ0n) is 19.4. The fraction of sp³-hybridized carbons (Fsp3) is 0.269. The van der Waals surface area contributed by atoms with Crippen LogP contribution in [0.5, 0.6) is 5.75 Å². The molecule has 0 saturated carbocycles. The van der Waals surface area contributed by atoms with Crippen molar-refractivity contribution in [2.75, 3.05) is 13.7 Å². The maximum Gasteiger partial charge on any atom is 0.289 e. The Balaban J connectivity index is 1.44. The molecule has 182 valence electrons. The summed E-state index contributed by atoms with van der Waals surface area (Å²) in [5.74, 6) is 0.734. The Morgan fingerprint density at radius 3 is 2.66 bits per heavy atom. The first kappa shape index (κ1) is 24.8. The van der Waals surface area contributed by atoms with E-state index >= 15 is 0 Å². The number of hydrazone groups is 1. The molecule has 0 radical (unpaired) electrons.